The summed E-state index contributed by atoms with van der Waals surface area (Å²) in [6, 6.07) is 12.0. The number of carbonyl (C=O) groups is 1. The fourth-order valence-electron chi connectivity index (χ4n) is 4.91. The molecule has 1 aromatic carbocycles. The maximum Gasteiger partial charge on any atom is 0.296 e. The molecule has 13 heteroatoms. The number of rotatable bonds is 8. The molecule has 1 saturated carbocycles. The Hall–Kier alpha value is -4.39. The third-order valence-corrected chi connectivity index (χ3v) is 7.04. The van der Waals surface area contributed by atoms with E-state index in [1.165, 1.54) is 17.9 Å². The van der Waals surface area contributed by atoms with Crippen LogP contribution in [0.15, 0.2) is 48.7 Å². The fourth-order valence-corrected chi connectivity index (χ4v) is 4.91. The largest absolute Gasteiger partial charge is 0.481 e. The Morgan fingerprint density at radius 1 is 1.07 bits per heavy atom. The van der Waals surface area contributed by atoms with Crippen molar-refractivity contribution in [3.63, 3.8) is 0 Å². The van der Waals surface area contributed by atoms with Crippen LogP contribution in [0, 0.1) is 0 Å². The number of benzene rings is 1. The number of carbonyl (C=O) groups excluding carboxylic acids is 1. The van der Waals surface area contributed by atoms with Gasteiger partial charge in [0.2, 0.25) is 11.8 Å². The van der Waals surface area contributed by atoms with Crippen LogP contribution in [0.2, 0.25) is 0 Å². The average Bonchev–Trinajstić information content (AvgIpc) is 3.36. The lowest BCUT2D eigenvalue weighted by Crippen LogP contribution is -2.49. The van der Waals surface area contributed by atoms with Crippen molar-refractivity contribution in [1.82, 2.24) is 29.8 Å². The van der Waals surface area contributed by atoms with E-state index in [4.69, 9.17) is 14.5 Å². The molecule has 11 nitrogen and oxygen atoms in total. The zero-order valence-corrected chi connectivity index (χ0v) is 21.8. The molecule has 6 rings (SSSR count). The molecule has 0 bridgehead atoms. The molecule has 2 fully saturated rings. The quantitative estimate of drug-likeness (QED) is 0.340. The summed E-state index contributed by atoms with van der Waals surface area (Å²) in [5.41, 5.74) is 1.45. The van der Waals surface area contributed by atoms with E-state index in [-0.39, 0.29) is 23.8 Å². The predicted molar refractivity (Wildman–Crippen MR) is 143 cm³/mol. The molecule has 0 atom stereocenters. The number of amides is 1. The lowest BCUT2D eigenvalue weighted by Gasteiger charge is -2.37. The number of hydrogen-bond donors (Lipinski definition) is 2. The van der Waals surface area contributed by atoms with Crippen LogP contribution < -0.4 is 20.3 Å². The summed E-state index contributed by atoms with van der Waals surface area (Å²) >= 11 is 0. The molecule has 4 aromatic rings. The first kappa shape index (κ1) is 25.9. The summed E-state index contributed by atoms with van der Waals surface area (Å²) in [7, 11) is 1.52. The van der Waals surface area contributed by atoms with Crippen LogP contribution in [0.25, 0.3) is 16.9 Å². The fraction of sp³-hybridized carbons (Fsp3) is 0.370. The maximum atomic E-state index is 14.1. The number of imidazole rings is 1. The van der Waals surface area contributed by atoms with Gasteiger partial charge in [-0.3, -0.25) is 9.36 Å². The van der Waals surface area contributed by atoms with Crippen molar-refractivity contribution in [2.45, 2.75) is 31.4 Å². The topological polar surface area (TPSA) is 119 Å². The van der Waals surface area contributed by atoms with Gasteiger partial charge in [0, 0.05) is 43.5 Å². The van der Waals surface area contributed by atoms with Gasteiger partial charge in [-0.25, -0.2) is 18.7 Å². The van der Waals surface area contributed by atoms with Crippen LogP contribution in [0.1, 0.15) is 35.4 Å². The van der Waals surface area contributed by atoms with Gasteiger partial charge < -0.3 is 25.0 Å². The number of morpholine rings is 1. The number of ether oxygens (including phenoxy) is 2. The Bertz CT molecular complexity index is 1500. The van der Waals surface area contributed by atoms with Gasteiger partial charge in [0.15, 0.2) is 5.82 Å². The maximum absolute atomic E-state index is 14.1. The first-order valence-corrected chi connectivity index (χ1v) is 13.0. The first-order valence-electron chi connectivity index (χ1n) is 13.0. The Kier molecular flexibility index (Phi) is 7.11. The molecule has 2 aliphatic rings. The number of alkyl halides is 2. The molecular formula is C27H28F2N8O3. The Balaban J connectivity index is 1.22. The molecule has 0 unspecified atom stereocenters. The van der Waals surface area contributed by atoms with Crippen LogP contribution >= 0.6 is 0 Å². The SMILES string of the molecule is COc1ccc(C(=O)N[C@H]2C[C@H](Nc3cc(-n4c(C(F)F)nc5ccccc54)nc(N4CCOCC4)n3)C2)cn1. The monoisotopic (exact) mass is 550 g/mol. The van der Waals surface area contributed by atoms with Crippen molar-refractivity contribution in [2.75, 3.05) is 43.6 Å². The van der Waals surface area contributed by atoms with E-state index in [0.29, 0.717) is 79.2 Å². The van der Waals surface area contributed by atoms with Crippen LogP contribution in [0.3, 0.4) is 0 Å². The molecule has 40 heavy (non-hydrogen) atoms. The summed E-state index contributed by atoms with van der Waals surface area (Å²) in [5, 5.41) is 6.42. The minimum absolute atomic E-state index is 0.0184. The molecule has 0 radical (unpaired) electrons. The van der Waals surface area contributed by atoms with E-state index >= 15 is 0 Å². The van der Waals surface area contributed by atoms with Gasteiger partial charge in [0.05, 0.1) is 36.9 Å². The second kappa shape index (κ2) is 11.0. The lowest BCUT2D eigenvalue weighted by atomic mass is 9.86. The Morgan fingerprint density at radius 2 is 1.88 bits per heavy atom. The number of methoxy groups -OCH3 is 1. The van der Waals surface area contributed by atoms with Gasteiger partial charge in [0.25, 0.3) is 12.3 Å². The van der Waals surface area contributed by atoms with Crippen molar-refractivity contribution < 1.29 is 23.0 Å². The number of para-hydroxylation sites is 2. The molecule has 208 valence electrons. The second-order valence-corrected chi connectivity index (χ2v) is 9.68. The molecule has 1 aliphatic heterocycles. The van der Waals surface area contributed by atoms with Gasteiger partial charge in [0.1, 0.15) is 11.6 Å². The second-order valence-electron chi connectivity index (χ2n) is 9.68. The third-order valence-electron chi connectivity index (χ3n) is 7.04. The standard InChI is InChI=1S/C27H28F2N8O3/c1-39-23-7-6-16(15-30-23)26(38)32-18-12-17(13-18)31-21-14-22(35-27(34-21)36-8-10-40-11-9-36)37-20-5-3-2-4-19(20)33-25(37)24(28)29/h2-7,14-15,17-18,24H,8-13H2,1H3,(H,32,38)(H,31,34,35)/t17-,18-. The highest BCUT2D eigenvalue weighted by atomic mass is 19.3. The van der Waals surface area contributed by atoms with E-state index in [0.717, 1.165) is 0 Å². The van der Waals surface area contributed by atoms with Crippen molar-refractivity contribution >= 4 is 28.7 Å². The molecular weight excluding hydrogens is 522 g/mol. The molecule has 1 saturated heterocycles. The van der Waals surface area contributed by atoms with E-state index in [2.05, 4.69) is 25.6 Å². The normalized spacial score (nSPS) is 18.9. The minimum atomic E-state index is -2.79. The van der Waals surface area contributed by atoms with Gasteiger partial charge in [-0.05, 0) is 31.0 Å². The summed E-state index contributed by atoms with van der Waals surface area (Å²) < 4.78 is 40.0. The molecule has 0 spiro atoms. The van der Waals surface area contributed by atoms with Crippen molar-refractivity contribution in [1.29, 1.82) is 0 Å². The van der Waals surface area contributed by atoms with Crippen molar-refractivity contribution in [2.24, 2.45) is 0 Å². The van der Waals surface area contributed by atoms with Crippen LogP contribution in [-0.2, 0) is 4.74 Å². The lowest BCUT2D eigenvalue weighted by molar-refractivity contribution is 0.0912. The highest BCUT2D eigenvalue weighted by molar-refractivity contribution is 5.94. The number of hydrogen-bond acceptors (Lipinski definition) is 9. The number of aromatic nitrogens is 5. The van der Waals surface area contributed by atoms with Gasteiger partial charge in [-0.2, -0.15) is 9.97 Å². The highest BCUT2D eigenvalue weighted by Crippen LogP contribution is 2.30. The molecule has 1 aliphatic carbocycles. The molecule has 1 amide bonds. The van der Waals surface area contributed by atoms with Crippen molar-refractivity contribution in [3.8, 4) is 11.7 Å². The Labute approximate surface area is 228 Å². The Morgan fingerprint density at radius 3 is 2.60 bits per heavy atom. The zero-order valence-electron chi connectivity index (χ0n) is 21.8. The van der Waals surface area contributed by atoms with Crippen molar-refractivity contribution in [3.05, 3.63) is 60.0 Å². The van der Waals surface area contributed by atoms with Gasteiger partial charge in [-0.1, -0.05) is 12.1 Å². The number of pyridine rings is 1. The number of nitrogens with zero attached hydrogens (tertiary/aromatic N) is 6. The summed E-state index contributed by atoms with van der Waals surface area (Å²) in [6.45, 7) is 2.24. The zero-order chi connectivity index (χ0) is 27.6. The van der Waals surface area contributed by atoms with E-state index in [1.807, 2.05) is 4.90 Å². The summed E-state index contributed by atoms with van der Waals surface area (Å²) in [4.78, 5) is 32.2. The van der Waals surface area contributed by atoms with Gasteiger partial charge in [-0.15, -0.1) is 0 Å². The van der Waals surface area contributed by atoms with Crippen LogP contribution in [0.4, 0.5) is 20.5 Å². The van der Waals surface area contributed by atoms with Gasteiger partial charge >= 0.3 is 0 Å². The van der Waals surface area contributed by atoms with E-state index in [9.17, 15) is 13.6 Å². The number of fused-ring (bicyclic) bond motifs is 1. The highest BCUT2D eigenvalue weighted by Gasteiger charge is 2.31. The summed E-state index contributed by atoms with van der Waals surface area (Å²) in [5.74, 6) is 1.10. The third kappa shape index (κ3) is 5.24. The first-order chi connectivity index (χ1) is 19.5. The molecule has 4 heterocycles. The number of halogens is 2. The average molecular weight is 551 g/mol. The predicted octanol–water partition coefficient (Wildman–Crippen LogP) is 3.37. The smallest absolute Gasteiger partial charge is 0.296 e. The minimum Gasteiger partial charge on any atom is -0.481 e. The van der Waals surface area contributed by atoms with Crippen LogP contribution in [-0.4, -0.2) is 75.9 Å². The van der Waals surface area contributed by atoms with Crippen LogP contribution in [0.5, 0.6) is 5.88 Å². The number of nitrogens with one attached hydrogen (secondary N) is 2. The molecule has 3 aromatic heterocycles. The van der Waals surface area contributed by atoms with E-state index < -0.39 is 6.43 Å². The molecule has 2 N–H and O–H groups in total. The number of anilines is 2. The summed E-state index contributed by atoms with van der Waals surface area (Å²) in [6.07, 6.45) is 0.0453. The van der Waals surface area contributed by atoms with E-state index in [1.54, 1.807) is 42.5 Å².